The topological polar surface area (TPSA) is 84.9 Å². The van der Waals surface area contributed by atoms with E-state index in [0.29, 0.717) is 32.8 Å². The van der Waals surface area contributed by atoms with Crippen molar-refractivity contribution in [3.8, 4) is 0 Å². The van der Waals surface area contributed by atoms with E-state index in [1.165, 1.54) is 0 Å². The minimum absolute atomic E-state index is 0.150. The molecule has 6 nitrogen and oxygen atoms in total. The van der Waals surface area contributed by atoms with E-state index in [-0.39, 0.29) is 12.3 Å². The lowest BCUT2D eigenvalue weighted by Gasteiger charge is -2.21. The van der Waals surface area contributed by atoms with E-state index >= 15 is 0 Å². The Kier molecular flexibility index (Phi) is 6.57. The number of hydrogen-bond acceptors (Lipinski definition) is 4. The van der Waals surface area contributed by atoms with Gasteiger partial charge in [-0.05, 0) is 12.8 Å². The molecule has 1 fully saturated rings. The Hall–Kier alpha value is -1.14. The number of rotatable bonds is 7. The van der Waals surface area contributed by atoms with Crippen molar-refractivity contribution in [2.75, 3.05) is 26.4 Å². The molecule has 1 rings (SSSR count). The van der Waals surface area contributed by atoms with Gasteiger partial charge in [0.05, 0.1) is 19.8 Å². The van der Waals surface area contributed by atoms with E-state index in [1.54, 1.807) is 0 Å². The molecule has 1 aliphatic rings. The summed E-state index contributed by atoms with van der Waals surface area (Å²) in [6, 6.07) is 0. The van der Waals surface area contributed by atoms with Crippen molar-refractivity contribution in [3.05, 3.63) is 0 Å². The second-order valence-corrected chi connectivity index (χ2v) is 3.93. The zero-order chi connectivity index (χ0) is 12.5. The average molecular weight is 245 g/mol. The number of ether oxygens (including phenoxy) is 2. The van der Waals surface area contributed by atoms with Crippen LogP contribution in [0.1, 0.15) is 25.7 Å². The van der Waals surface area contributed by atoms with E-state index in [9.17, 15) is 9.59 Å². The molecule has 2 N–H and O–H groups in total. The predicted molar refractivity (Wildman–Crippen MR) is 59.7 cm³/mol. The number of amides is 1. The van der Waals surface area contributed by atoms with E-state index in [0.717, 1.165) is 12.8 Å². The quantitative estimate of drug-likeness (QED) is 0.624. The van der Waals surface area contributed by atoms with Crippen LogP contribution in [0.5, 0.6) is 0 Å². The van der Waals surface area contributed by atoms with Gasteiger partial charge >= 0.3 is 5.97 Å². The Labute approximate surface area is 100 Å². The van der Waals surface area contributed by atoms with Crippen molar-refractivity contribution < 1.29 is 24.2 Å². The summed E-state index contributed by atoms with van der Waals surface area (Å²) in [5.41, 5.74) is 0. The molecule has 1 aliphatic heterocycles. The molecule has 0 aromatic carbocycles. The van der Waals surface area contributed by atoms with Gasteiger partial charge in [-0.25, -0.2) is 0 Å². The number of unbranched alkanes of at least 4 members (excludes halogenated alkanes) is 2. The monoisotopic (exact) mass is 245 g/mol. The van der Waals surface area contributed by atoms with Crippen LogP contribution in [0.25, 0.3) is 0 Å². The van der Waals surface area contributed by atoms with Gasteiger partial charge in [-0.3, -0.25) is 9.59 Å². The number of carbonyl (C=O) groups is 2. The van der Waals surface area contributed by atoms with Gasteiger partial charge in [-0.1, -0.05) is 6.42 Å². The van der Waals surface area contributed by atoms with Crippen molar-refractivity contribution in [1.82, 2.24) is 5.32 Å². The van der Waals surface area contributed by atoms with Crippen molar-refractivity contribution in [1.29, 1.82) is 0 Å². The highest BCUT2D eigenvalue weighted by Crippen LogP contribution is 2.02. The number of aliphatic carboxylic acids is 1. The molecule has 0 bridgehead atoms. The smallest absolute Gasteiger partial charge is 0.303 e. The molecule has 1 amide bonds. The molecule has 1 saturated heterocycles. The standard InChI is InChI=1S/C11H19NO5/c13-10(14)4-2-1-3-5-12-11(15)9-8-16-6-7-17-9/h9H,1-8H2,(H,12,15)(H,13,14). The fourth-order valence-corrected chi connectivity index (χ4v) is 1.54. The molecule has 1 heterocycles. The minimum atomic E-state index is -0.776. The van der Waals surface area contributed by atoms with Crippen LogP contribution in [-0.4, -0.2) is 49.5 Å². The number of nitrogens with one attached hydrogen (secondary N) is 1. The van der Waals surface area contributed by atoms with Crippen LogP contribution in [0.2, 0.25) is 0 Å². The normalized spacial score (nSPS) is 19.9. The van der Waals surface area contributed by atoms with Gasteiger partial charge in [-0.15, -0.1) is 0 Å². The maximum absolute atomic E-state index is 11.5. The lowest BCUT2D eigenvalue weighted by Crippen LogP contribution is -2.43. The fourth-order valence-electron chi connectivity index (χ4n) is 1.54. The second kappa shape index (κ2) is 8.03. The van der Waals surface area contributed by atoms with Crippen molar-refractivity contribution in [3.63, 3.8) is 0 Å². The lowest BCUT2D eigenvalue weighted by molar-refractivity contribution is -0.147. The number of carboxylic acids is 1. The van der Waals surface area contributed by atoms with E-state index < -0.39 is 12.1 Å². The molecular formula is C11H19NO5. The second-order valence-electron chi connectivity index (χ2n) is 3.93. The average Bonchev–Trinajstić information content (AvgIpc) is 2.34. The van der Waals surface area contributed by atoms with Gasteiger partial charge in [-0.2, -0.15) is 0 Å². The molecule has 1 atom stereocenters. The van der Waals surface area contributed by atoms with E-state index in [4.69, 9.17) is 14.6 Å². The van der Waals surface area contributed by atoms with Crippen LogP contribution in [0.15, 0.2) is 0 Å². The summed E-state index contributed by atoms with van der Waals surface area (Å²) in [5, 5.41) is 11.2. The van der Waals surface area contributed by atoms with Crippen LogP contribution in [0.4, 0.5) is 0 Å². The first-order valence-electron chi connectivity index (χ1n) is 5.89. The van der Waals surface area contributed by atoms with Crippen LogP contribution in [0, 0.1) is 0 Å². The molecule has 0 saturated carbocycles. The fraction of sp³-hybridized carbons (Fsp3) is 0.818. The highest BCUT2D eigenvalue weighted by atomic mass is 16.6. The molecule has 6 heteroatoms. The maximum atomic E-state index is 11.5. The van der Waals surface area contributed by atoms with Gasteiger partial charge in [0.25, 0.3) is 5.91 Å². The summed E-state index contributed by atoms with van der Waals surface area (Å²) in [6.07, 6.45) is 1.92. The van der Waals surface area contributed by atoms with Gasteiger partial charge in [0.15, 0.2) is 6.10 Å². The molecule has 0 aliphatic carbocycles. The van der Waals surface area contributed by atoms with Crippen molar-refractivity contribution in [2.45, 2.75) is 31.8 Å². The summed E-state index contributed by atoms with van der Waals surface area (Å²) < 4.78 is 10.4. The molecule has 17 heavy (non-hydrogen) atoms. The molecule has 98 valence electrons. The first-order chi connectivity index (χ1) is 8.20. The van der Waals surface area contributed by atoms with E-state index in [1.807, 2.05) is 0 Å². The molecule has 0 spiro atoms. The van der Waals surface area contributed by atoms with Gasteiger partial charge in [0.1, 0.15) is 0 Å². The van der Waals surface area contributed by atoms with Crippen LogP contribution in [-0.2, 0) is 19.1 Å². The molecule has 0 aromatic heterocycles. The molecule has 0 radical (unpaired) electrons. The Morgan fingerprint density at radius 3 is 2.71 bits per heavy atom. The maximum Gasteiger partial charge on any atom is 0.303 e. The first-order valence-corrected chi connectivity index (χ1v) is 5.89. The number of hydrogen-bond donors (Lipinski definition) is 2. The van der Waals surface area contributed by atoms with Crippen LogP contribution in [0.3, 0.4) is 0 Å². The Morgan fingerprint density at radius 2 is 2.06 bits per heavy atom. The Balaban J connectivity index is 1.98. The zero-order valence-corrected chi connectivity index (χ0v) is 9.81. The number of carbonyl (C=O) groups excluding carboxylic acids is 1. The minimum Gasteiger partial charge on any atom is -0.481 e. The van der Waals surface area contributed by atoms with E-state index in [2.05, 4.69) is 5.32 Å². The third-order valence-electron chi connectivity index (χ3n) is 2.48. The highest BCUT2D eigenvalue weighted by molar-refractivity contribution is 5.80. The summed E-state index contributed by atoms with van der Waals surface area (Å²) in [6.45, 7) is 1.86. The number of carboxylic acid groups (broad SMARTS) is 1. The Morgan fingerprint density at radius 1 is 1.24 bits per heavy atom. The summed E-state index contributed by atoms with van der Waals surface area (Å²) >= 11 is 0. The highest BCUT2D eigenvalue weighted by Gasteiger charge is 2.21. The summed E-state index contributed by atoms with van der Waals surface area (Å²) in [5.74, 6) is -0.926. The molecular weight excluding hydrogens is 226 g/mol. The Bertz CT molecular complexity index is 250. The van der Waals surface area contributed by atoms with Crippen molar-refractivity contribution in [2.24, 2.45) is 0 Å². The summed E-state index contributed by atoms with van der Waals surface area (Å²) in [7, 11) is 0. The third kappa shape index (κ3) is 6.23. The van der Waals surface area contributed by atoms with Gasteiger partial charge < -0.3 is 19.9 Å². The molecule has 1 unspecified atom stereocenters. The van der Waals surface area contributed by atoms with Gasteiger partial charge in [0.2, 0.25) is 0 Å². The zero-order valence-electron chi connectivity index (χ0n) is 9.81. The SMILES string of the molecule is O=C(O)CCCCCNC(=O)C1COCCO1. The summed E-state index contributed by atoms with van der Waals surface area (Å²) in [4.78, 5) is 21.8. The largest absolute Gasteiger partial charge is 0.481 e. The first kappa shape index (κ1) is 13.9. The molecule has 0 aromatic rings. The predicted octanol–water partition coefficient (Wildman–Crippen LogP) is 0.163. The van der Waals surface area contributed by atoms with Crippen molar-refractivity contribution >= 4 is 11.9 Å². The third-order valence-corrected chi connectivity index (χ3v) is 2.48. The van der Waals surface area contributed by atoms with Gasteiger partial charge in [0, 0.05) is 13.0 Å². The van der Waals surface area contributed by atoms with Crippen LogP contribution < -0.4 is 5.32 Å². The lowest BCUT2D eigenvalue weighted by atomic mass is 10.2. The van der Waals surface area contributed by atoms with Crippen LogP contribution >= 0.6 is 0 Å².